The first-order valence-corrected chi connectivity index (χ1v) is 19.3. The molecule has 0 spiro atoms. The maximum Gasteiger partial charge on any atom is 0.164 e. The van der Waals surface area contributed by atoms with Crippen LogP contribution in [0.15, 0.2) is 70.8 Å². The number of fused-ring (bicyclic) bond motifs is 6. The average molecular weight is 871 g/mol. The molecule has 2 unspecified atom stereocenters. The van der Waals surface area contributed by atoms with Gasteiger partial charge in [-0.2, -0.15) is 0 Å². The molecule has 2 aliphatic rings. The van der Waals surface area contributed by atoms with E-state index in [-0.39, 0.29) is 47.9 Å². The number of benzene rings is 2. The summed E-state index contributed by atoms with van der Waals surface area (Å²) in [5.74, 6) is 0.649. The van der Waals surface area contributed by atoms with E-state index < -0.39 is 0 Å². The zero-order valence-electron chi connectivity index (χ0n) is 30.8. The van der Waals surface area contributed by atoms with Gasteiger partial charge >= 0.3 is 0 Å². The number of nitrogens with zero attached hydrogens (tertiary/aromatic N) is 1. The molecule has 0 amide bonds. The predicted octanol–water partition coefficient (Wildman–Crippen LogP) is 13.0. The van der Waals surface area contributed by atoms with Crippen molar-refractivity contribution in [2.45, 2.75) is 116 Å². The van der Waals surface area contributed by atoms with Crippen molar-refractivity contribution in [2.24, 2.45) is 10.8 Å². The van der Waals surface area contributed by atoms with Gasteiger partial charge in [0.2, 0.25) is 0 Å². The van der Waals surface area contributed by atoms with Gasteiger partial charge in [0.1, 0.15) is 5.76 Å². The normalized spacial score (nSPS) is 17.1. The summed E-state index contributed by atoms with van der Waals surface area (Å²) < 4.78 is 0. The van der Waals surface area contributed by atoms with Crippen LogP contribution >= 0.6 is 23.1 Å². The Bertz CT molecular complexity index is 1870. The van der Waals surface area contributed by atoms with Crippen molar-refractivity contribution in [3.8, 4) is 11.3 Å². The number of carbonyl (C=O) groups excluding carboxylic acids is 1. The SMILES string of the molecule is CCC(C)(CC)C(=O)/C=C(\O)C(C)(CC)CC.Cc1csc2c1C1Sc3ccnc(-c4[c-]c5ccccc5c(C(C)(C)C)c4)c3C1C=C2.[Ir]. The molecule has 0 bridgehead atoms. The number of aromatic nitrogens is 1. The number of ketones is 1. The number of aliphatic hydroxyl groups excluding tert-OH is 1. The maximum absolute atomic E-state index is 12.2. The molecule has 0 saturated heterocycles. The molecule has 263 valence electrons. The quantitative estimate of drug-likeness (QED) is 0.109. The van der Waals surface area contributed by atoms with Gasteiger partial charge in [0.15, 0.2) is 5.78 Å². The number of aryl methyl sites for hydroxylation is 1. The second kappa shape index (κ2) is 15.4. The van der Waals surface area contributed by atoms with Crippen molar-refractivity contribution in [1.29, 1.82) is 0 Å². The number of hydrogen-bond donors (Lipinski definition) is 1. The van der Waals surface area contributed by atoms with Crippen LogP contribution in [0.25, 0.3) is 28.1 Å². The Balaban J connectivity index is 0.000000260. The zero-order valence-corrected chi connectivity index (χ0v) is 34.8. The summed E-state index contributed by atoms with van der Waals surface area (Å²) in [6.45, 7) is 21.2. The molecule has 0 saturated carbocycles. The van der Waals surface area contributed by atoms with Crippen LogP contribution in [0.2, 0.25) is 0 Å². The van der Waals surface area contributed by atoms with Gasteiger partial charge in [0.05, 0.1) is 0 Å². The third-order valence-electron chi connectivity index (χ3n) is 11.1. The number of aliphatic hydroxyl groups is 1. The molecule has 0 fully saturated rings. The molecule has 4 aromatic rings. The Morgan fingerprint density at radius 1 is 0.959 bits per heavy atom. The van der Waals surface area contributed by atoms with Gasteiger partial charge in [-0.15, -0.1) is 52.2 Å². The van der Waals surface area contributed by atoms with Crippen LogP contribution in [0.1, 0.15) is 126 Å². The van der Waals surface area contributed by atoms with Gasteiger partial charge in [-0.25, -0.2) is 0 Å². The number of thiophene rings is 1. The van der Waals surface area contributed by atoms with Crippen molar-refractivity contribution in [3.05, 3.63) is 99.1 Å². The van der Waals surface area contributed by atoms with Crippen LogP contribution in [0.5, 0.6) is 0 Å². The van der Waals surface area contributed by atoms with Crippen LogP contribution in [0.4, 0.5) is 0 Å². The first-order chi connectivity index (χ1) is 22.7. The summed E-state index contributed by atoms with van der Waals surface area (Å²) in [6, 6.07) is 16.9. The Kier molecular flexibility index (Phi) is 12.3. The topological polar surface area (TPSA) is 50.2 Å². The van der Waals surface area contributed by atoms with Crippen LogP contribution < -0.4 is 0 Å². The minimum Gasteiger partial charge on any atom is -0.512 e. The molecular weight excluding hydrogens is 819 g/mol. The fourth-order valence-corrected chi connectivity index (χ4v) is 9.37. The molecular formula is C43H52IrNO2S2-. The molecule has 2 aromatic heterocycles. The van der Waals surface area contributed by atoms with E-state index in [1.165, 1.54) is 48.9 Å². The minimum absolute atomic E-state index is 0. The molecule has 3 nitrogen and oxygen atoms in total. The molecule has 49 heavy (non-hydrogen) atoms. The first kappa shape index (κ1) is 39.3. The summed E-state index contributed by atoms with van der Waals surface area (Å²) in [5, 5.41) is 15.3. The number of carbonyl (C=O) groups is 1. The van der Waals surface area contributed by atoms with E-state index in [2.05, 4.69) is 87.7 Å². The van der Waals surface area contributed by atoms with Gasteiger partial charge < -0.3 is 5.11 Å². The fourth-order valence-electron chi connectivity index (χ4n) is 6.71. The molecule has 1 aliphatic carbocycles. The molecule has 6 heteroatoms. The Labute approximate surface area is 316 Å². The maximum atomic E-state index is 12.2. The number of hydrogen-bond acceptors (Lipinski definition) is 5. The van der Waals surface area contributed by atoms with Crippen molar-refractivity contribution in [3.63, 3.8) is 0 Å². The number of allylic oxidation sites excluding steroid dienone is 3. The summed E-state index contributed by atoms with van der Waals surface area (Å²) in [7, 11) is 0. The van der Waals surface area contributed by atoms with Gasteiger partial charge in [-0.05, 0) is 72.2 Å². The number of pyridine rings is 1. The summed E-state index contributed by atoms with van der Waals surface area (Å²) >= 11 is 3.87. The van der Waals surface area contributed by atoms with Crippen molar-refractivity contribution in [2.75, 3.05) is 0 Å². The van der Waals surface area contributed by atoms with E-state index in [4.69, 9.17) is 4.98 Å². The predicted molar refractivity (Wildman–Crippen MR) is 207 cm³/mol. The van der Waals surface area contributed by atoms with Crippen molar-refractivity contribution in [1.82, 2.24) is 4.98 Å². The van der Waals surface area contributed by atoms with Gasteiger partial charge in [-0.1, -0.05) is 97.5 Å². The van der Waals surface area contributed by atoms with Gasteiger partial charge in [0, 0.05) is 69.8 Å². The van der Waals surface area contributed by atoms with Crippen LogP contribution in [0.3, 0.4) is 0 Å². The first-order valence-electron chi connectivity index (χ1n) is 17.5. The standard InChI is InChI=1S/C28H24NS2.C15H28O2.Ir/c1-16-15-30-22-10-9-20-25-23(31-27(20)24(16)22)11-12-29-26(25)18-13-17-7-5-6-8-19(17)21(14-18)28(2,3)4;1-7-14(5,8-2)12(16)11-13(17)15(6,9-3)10-4;/h5-12,14-15,20,27H,1-4H3;11,16H,7-10H2,1-6H3;/q-1;;/b;12-11-;. The molecule has 2 atom stereocenters. The Morgan fingerprint density at radius 2 is 1.61 bits per heavy atom. The van der Waals surface area contributed by atoms with Crippen molar-refractivity contribution < 1.29 is 30.0 Å². The number of rotatable bonds is 8. The van der Waals surface area contributed by atoms with E-state index in [1.54, 1.807) is 0 Å². The zero-order chi connectivity index (χ0) is 35.0. The largest absolute Gasteiger partial charge is 0.512 e. The van der Waals surface area contributed by atoms with E-state index in [0.717, 1.165) is 36.9 Å². The summed E-state index contributed by atoms with van der Waals surface area (Å²) in [6.07, 6.45) is 11.5. The molecule has 1 N–H and O–H groups in total. The van der Waals surface area contributed by atoms with Crippen LogP contribution in [-0.4, -0.2) is 15.9 Å². The van der Waals surface area contributed by atoms with Crippen molar-refractivity contribution >= 4 is 45.7 Å². The molecule has 1 aliphatic heterocycles. The fraction of sp³-hybridized carbons (Fsp3) is 0.442. The van der Waals surface area contributed by atoms with Crippen LogP contribution in [-0.2, 0) is 30.3 Å². The smallest absolute Gasteiger partial charge is 0.164 e. The van der Waals surface area contributed by atoms with E-state index >= 15 is 0 Å². The number of thioether (sulfide) groups is 1. The Hall–Kier alpha value is -2.50. The third kappa shape index (κ3) is 7.59. The Morgan fingerprint density at radius 3 is 2.24 bits per heavy atom. The van der Waals surface area contributed by atoms with Gasteiger partial charge in [-0.3, -0.25) is 9.78 Å². The van der Waals surface area contributed by atoms with Crippen LogP contribution in [0, 0.1) is 23.8 Å². The van der Waals surface area contributed by atoms with E-state index in [1.807, 2.05) is 70.8 Å². The third-order valence-corrected chi connectivity index (χ3v) is 13.6. The molecule has 3 heterocycles. The molecule has 6 rings (SSSR count). The summed E-state index contributed by atoms with van der Waals surface area (Å²) in [5.41, 5.74) is 7.31. The van der Waals surface area contributed by atoms with E-state index in [0.29, 0.717) is 11.2 Å². The monoisotopic (exact) mass is 871 g/mol. The molecule has 2 aromatic carbocycles. The van der Waals surface area contributed by atoms with E-state index in [9.17, 15) is 9.90 Å². The van der Waals surface area contributed by atoms with Gasteiger partial charge in [0.25, 0.3) is 0 Å². The second-order valence-corrected chi connectivity index (χ2v) is 17.1. The molecule has 1 radical (unpaired) electrons. The average Bonchev–Trinajstić information content (AvgIpc) is 3.66. The second-order valence-electron chi connectivity index (χ2n) is 15.0. The summed E-state index contributed by atoms with van der Waals surface area (Å²) in [4.78, 5) is 19.9. The minimum atomic E-state index is -0.337.